The predicted molar refractivity (Wildman–Crippen MR) is 98.6 cm³/mol. The second-order valence-corrected chi connectivity index (χ2v) is 7.66. The van der Waals surface area contributed by atoms with Crippen molar-refractivity contribution in [3.8, 4) is 0 Å². The Morgan fingerprint density at radius 3 is 2.78 bits per heavy atom. The number of allylic oxidation sites excluding steroid dienone is 1. The molecule has 0 N–H and O–H groups in total. The Kier molecular flexibility index (Phi) is 3.81. The van der Waals surface area contributed by atoms with Gasteiger partial charge in [-0.2, -0.15) is 0 Å². The third-order valence-corrected chi connectivity index (χ3v) is 5.87. The molecule has 1 aromatic carbocycles. The first-order chi connectivity index (χ1) is 11.1. The lowest BCUT2D eigenvalue weighted by atomic mass is 10.00. The summed E-state index contributed by atoms with van der Waals surface area (Å²) in [5.74, 6) is 0.805. The van der Waals surface area contributed by atoms with E-state index in [0.717, 1.165) is 18.9 Å². The molecule has 0 saturated heterocycles. The highest BCUT2D eigenvalue weighted by Crippen LogP contribution is 2.35. The summed E-state index contributed by atoms with van der Waals surface area (Å²) in [4.78, 5) is 2.45. The van der Waals surface area contributed by atoms with Gasteiger partial charge in [0.2, 0.25) is 0 Å². The molecule has 2 heterocycles. The van der Waals surface area contributed by atoms with Crippen molar-refractivity contribution in [2.24, 2.45) is 5.92 Å². The summed E-state index contributed by atoms with van der Waals surface area (Å²) in [7, 11) is 2.24. The SMILES string of the molecule is CC(=Cn1c2c(c3cc(C)ccc31)CN(C)CC2)C1CCCC1. The minimum Gasteiger partial charge on any atom is -0.320 e. The van der Waals surface area contributed by atoms with Crippen LogP contribution in [0.1, 0.15) is 49.4 Å². The van der Waals surface area contributed by atoms with Gasteiger partial charge in [0.1, 0.15) is 0 Å². The summed E-state index contributed by atoms with van der Waals surface area (Å²) in [5.41, 5.74) is 7.42. The third-order valence-electron chi connectivity index (χ3n) is 5.87. The number of fused-ring (bicyclic) bond motifs is 3. The second kappa shape index (κ2) is 5.83. The van der Waals surface area contributed by atoms with E-state index in [1.54, 1.807) is 16.8 Å². The summed E-state index contributed by atoms with van der Waals surface area (Å²) in [6, 6.07) is 6.96. The molecule has 0 radical (unpaired) electrons. The van der Waals surface area contributed by atoms with Crippen molar-refractivity contribution in [3.63, 3.8) is 0 Å². The van der Waals surface area contributed by atoms with Crippen LogP contribution in [-0.2, 0) is 13.0 Å². The number of likely N-dealkylation sites (N-methyl/N-ethyl adjacent to an activating group) is 1. The van der Waals surface area contributed by atoms with Crippen LogP contribution in [0.2, 0.25) is 0 Å². The van der Waals surface area contributed by atoms with E-state index >= 15 is 0 Å². The quantitative estimate of drug-likeness (QED) is 0.759. The highest BCUT2D eigenvalue weighted by atomic mass is 15.1. The molecule has 1 aromatic heterocycles. The van der Waals surface area contributed by atoms with Gasteiger partial charge >= 0.3 is 0 Å². The van der Waals surface area contributed by atoms with E-state index in [4.69, 9.17) is 0 Å². The van der Waals surface area contributed by atoms with Crippen LogP contribution >= 0.6 is 0 Å². The number of rotatable bonds is 2. The number of hydrogen-bond acceptors (Lipinski definition) is 1. The van der Waals surface area contributed by atoms with E-state index in [2.05, 4.69) is 54.8 Å². The fourth-order valence-corrected chi connectivity index (χ4v) is 4.48. The Morgan fingerprint density at radius 1 is 1.22 bits per heavy atom. The highest BCUT2D eigenvalue weighted by Gasteiger charge is 2.23. The molecule has 1 fully saturated rings. The molecule has 0 atom stereocenters. The van der Waals surface area contributed by atoms with E-state index in [1.165, 1.54) is 48.7 Å². The molecule has 0 bridgehead atoms. The minimum atomic E-state index is 0.805. The van der Waals surface area contributed by atoms with Crippen molar-refractivity contribution in [1.29, 1.82) is 0 Å². The first kappa shape index (κ1) is 15.0. The fourth-order valence-electron chi connectivity index (χ4n) is 4.48. The van der Waals surface area contributed by atoms with Crippen molar-refractivity contribution in [2.75, 3.05) is 13.6 Å². The zero-order valence-corrected chi connectivity index (χ0v) is 14.7. The highest BCUT2D eigenvalue weighted by molar-refractivity contribution is 5.88. The van der Waals surface area contributed by atoms with Crippen LogP contribution in [0.25, 0.3) is 17.1 Å². The molecule has 0 spiro atoms. The van der Waals surface area contributed by atoms with Crippen LogP contribution in [0.5, 0.6) is 0 Å². The van der Waals surface area contributed by atoms with Crippen LogP contribution in [0.3, 0.4) is 0 Å². The summed E-state index contributed by atoms with van der Waals surface area (Å²) in [5, 5.41) is 1.46. The number of benzene rings is 1. The lowest BCUT2D eigenvalue weighted by molar-refractivity contribution is 0.312. The zero-order chi connectivity index (χ0) is 16.0. The summed E-state index contributed by atoms with van der Waals surface area (Å²) >= 11 is 0. The van der Waals surface area contributed by atoms with Crippen molar-refractivity contribution in [2.45, 2.75) is 52.5 Å². The maximum atomic E-state index is 2.52. The lowest BCUT2D eigenvalue weighted by Gasteiger charge is -2.24. The van der Waals surface area contributed by atoms with Crippen LogP contribution in [0.4, 0.5) is 0 Å². The van der Waals surface area contributed by atoms with E-state index in [1.807, 2.05) is 0 Å². The molecule has 2 nitrogen and oxygen atoms in total. The molecule has 2 heteroatoms. The van der Waals surface area contributed by atoms with Gasteiger partial charge in [-0.25, -0.2) is 0 Å². The van der Waals surface area contributed by atoms with Gasteiger partial charge in [-0.1, -0.05) is 30.0 Å². The zero-order valence-electron chi connectivity index (χ0n) is 14.7. The average Bonchev–Trinajstić information content (AvgIpc) is 3.15. The van der Waals surface area contributed by atoms with E-state index in [-0.39, 0.29) is 0 Å². The van der Waals surface area contributed by atoms with Gasteiger partial charge in [-0.3, -0.25) is 0 Å². The van der Waals surface area contributed by atoms with Crippen LogP contribution in [0.15, 0.2) is 23.8 Å². The first-order valence-electron chi connectivity index (χ1n) is 9.12. The predicted octanol–water partition coefficient (Wildman–Crippen LogP) is 4.99. The van der Waals surface area contributed by atoms with Crippen molar-refractivity contribution in [3.05, 3.63) is 40.6 Å². The van der Waals surface area contributed by atoms with Crippen molar-refractivity contribution < 1.29 is 0 Å². The van der Waals surface area contributed by atoms with Gasteiger partial charge in [0.25, 0.3) is 0 Å². The van der Waals surface area contributed by atoms with Gasteiger partial charge in [0.05, 0.1) is 5.52 Å². The Hall–Kier alpha value is -1.54. The standard InChI is InChI=1S/C21H28N2/c1-15-8-9-20-18(12-15)19-14-22(3)11-10-21(19)23(20)13-16(2)17-6-4-5-7-17/h8-9,12-13,17H,4-7,10-11,14H2,1-3H3. The molecule has 1 saturated carbocycles. The number of aromatic nitrogens is 1. The van der Waals surface area contributed by atoms with Crippen molar-refractivity contribution in [1.82, 2.24) is 9.47 Å². The number of aryl methyl sites for hydroxylation is 1. The van der Waals surface area contributed by atoms with Crippen LogP contribution in [-0.4, -0.2) is 23.1 Å². The first-order valence-corrected chi connectivity index (χ1v) is 9.12. The average molecular weight is 308 g/mol. The Morgan fingerprint density at radius 2 is 2.00 bits per heavy atom. The topological polar surface area (TPSA) is 8.17 Å². The number of hydrogen-bond donors (Lipinski definition) is 0. The van der Waals surface area contributed by atoms with E-state index in [9.17, 15) is 0 Å². The fraction of sp³-hybridized carbons (Fsp3) is 0.524. The Bertz CT molecular complexity index is 760. The molecule has 0 unspecified atom stereocenters. The maximum Gasteiger partial charge on any atom is 0.0528 e. The normalized spacial score (nSPS) is 20.4. The molecule has 1 aliphatic carbocycles. The lowest BCUT2D eigenvalue weighted by Crippen LogP contribution is -2.26. The largest absolute Gasteiger partial charge is 0.320 e. The van der Waals surface area contributed by atoms with Gasteiger partial charge in [0.15, 0.2) is 0 Å². The van der Waals surface area contributed by atoms with E-state index < -0.39 is 0 Å². The smallest absolute Gasteiger partial charge is 0.0528 e. The Labute approximate surface area is 139 Å². The molecule has 1 aliphatic heterocycles. The maximum absolute atomic E-state index is 2.52. The number of nitrogens with zero attached hydrogens (tertiary/aromatic N) is 2. The molecule has 4 rings (SSSR count). The van der Waals surface area contributed by atoms with Gasteiger partial charge in [0, 0.05) is 36.8 Å². The molecule has 122 valence electrons. The Balaban J connectivity index is 1.87. The van der Waals surface area contributed by atoms with Gasteiger partial charge < -0.3 is 9.47 Å². The summed E-state index contributed by atoms with van der Waals surface area (Å²) in [6.45, 7) is 6.80. The molecular weight excluding hydrogens is 280 g/mol. The molecular formula is C21H28N2. The molecule has 0 amide bonds. The molecule has 23 heavy (non-hydrogen) atoms. The summed E-state index contributed by atoms with van der Waals surface area (Å²) < 4.78 is 2.52. The second-order valence-electron chi connectivity index (χ2n) is 7.66. The molecule has 2 aliphatic rings. The third kappa shape index (κ3) is 2.63. The molecule has 2 aromatic rings. The van der Waals surface area contributed by atoms with Gasteiger partial charge in [-0.05, 0) is 57.4 Å². The summed E-state index contributed by atoms with van der Waals surface area (Å²) in [6.07, 6.45) is 9.19. The van der Waals surface area contributed by atoms with Crippen LogP contribution in [0, 0.1) is 12.8 Å². The van der Waals surface area contributed by atoms with E-state index in [0.29, 0.717) is 0 Å². The minimum absolute atomic E-state index is 0.805. The monoisotopic (exact) mass is 308 g/mol. The van der Waals surface area contributed by atoms with Gasteiger partial charge in [-0.15, -0.1) is 0 Å². The van der Waals surface area contributed by atoms with Crippen molar-refractivity contribution >= 4 is 17.1 Å². The van der Waals surface area contributed by atoms with Crippen LogP contribution < -0.4 is 0 Å².